The summed E-state index contributed by atoms with van der Waals surface area (Å²) in [6.45, 7) is 3.91. The minimum absolute atomic E-state index is 0.00324. The van der Waals surface area contributed by atoms with Crippen molar-refractivity contribution in [1.29, 1.82) is 0 Å². The highest BCUT2D eigenvalue weighted by Crippen LogP contribution is 2.49. The first-order valence-electron chi connectivity index (χ1n) is 23.2. The van der Waals surface area contributed by atoms with E-state index in [9.17, 15) is 14.0 Å². The molecule has 0 spiro atoms. The first-order valence-corrected chi connectivity index (χ1v) is 24.7. The molecule has 0 unspecified atom stereocenters. The van der Waals surface area contributed by atoms with Crippen LogP contribution in [0, 0.1) is 18.4 Å². The van der Waals surface area contributed by atoms with Gasteiger partial charge in [-0.1, -0.05) is 158 Å². The van der Waals surface area contributed by atoms with Crippen LogP contribution in [0.5, 0.6) is 5.75 Å². The molecule has 3 heterocycles. The number of carbonyl (C=O) groups excluding carboxylic acids is 2. The van der Waals surface area contributed by atoms with E-state index in [-0.39, 0.29) is 48.8 Å². The molecule has 0 bridgehead atoms. The Morgan fingerprint density at radius 2 is 1.48 bits per heavy atom. The summed E-state index contributed by atoms with van der Waals surface area (Å²) in [6, 6.07) is 16.3. The van der Waals surface area contributed by atoms with Gasteiger partial charge in [0, 0.05) is 6.42 Å². The predicted octanol–water partition coefficient (Wildman–Crippen LogP) is 10.6. The molecule has 4 aromatic rings. The van der Waals surface area contributed by atoms with Gasteiger partial charge in [-0.25, -0.2) is 14.3 Å². The third kappa shape index (κ3) is 16.1. The average molecular weight is 921 g/mol. The molecule has 1 saturated heterocycles. The number of fused-ring (bicyclic) bond motifs is 1. The molecule has 1 fully saturated rings. The molecule has 15 nitrogen and oxygen atoms in total. The highest BCUT2D eigenvalue weighted by Gasteiger charge is 2.53. The van der Waals surface area contributed by atoms with Crippen LogP contribution >= 0.6 is 7.75 Å². The zero-order chi connectivity index (χ0) is 46.3. The molecule has 2 aromatic carbocycles. The molecule has 5 rings (SSSR count). The number of carbonyl (C=O) groups is 2. The van der Waals surface area contributed by atoms with Crippen molar-refractivity contribution in [2.45, 2.75) is 153 Å². The molecule has 65 heavy (non-hydrogen) atoms. The van der Waals surface area contributed by atoms with Crippen molar-refractivity contribution < 1.29 is 46.5 Å². The molecule has 1 aliphatic heterocycles. The van der Waals surface area contributed by atoms with Crippen LogP contribution in [-0.4, -0.2) is 69.2 Å². The molecular formula is C48H66FN6O9P. The van der Waals surface area contributed by atoms with E-state index >= 15 is 4.57 Å². The number of halogens is 1. The molecule has 354 valence electrons. The molecule has 0 aliphatic carbocycles. The summed E-state index contributed by atoms with van der Waals surface area (Å²) >= 11 is 0. The first-order chi connectivity index (χ1) is 31.6. The van der Waals surface area contributed by atoms with Crippen LogP contribution in [0.3, 0.4) is 0 Å². The van der Waals surface area contributed by atoms with Gasteiger partial charge in [-0.05, 0) is 37.0 Å². The SMILES string of the molecule is C#C[C@]1(CO[P@@](=O)(N[C@@H](Cc2ccccc2)C(=O)OCCCCCCCCCCCCCC)Oc2ccccc2)O[C@@H](n2cnc3c(N)nc(F)nc32)C[C@@H]1OC(=O)OCCCCCC. The number of hydrogen-bond donors (Lipinski definition) is 2. The lowest BCUT2D eigenvalue weighted by molar-refractivity contribution is -0.146. The number of ether oxygens (including phenoxy) is 4. The van der Waals surface area contributed by atoms with E-state index in [1.165, 1.54) is 62.3 Å². The monoisotopic (exact) mass is 920 g/mol. The molecular weight excluding hydrogens is 855 g/mol. The van der Waals surface area contributed by atoms with Crippen molar-refractivity contribution in [2.75, 3.05) is 25.6 Å². The van der Waals surface area contributed by atoms with Crippen LogP contribution in [-0.2, 0) is 39.3 Å². The Morgan fingerprint density at radius 3 is 2.11 bits per heavy atom. The smallest absolute Gasteiger partial charge is 0.465 e. The van der Waals surface area contributed by atoms with Gasteiger partial charge in [0.1, 0.15) is 24.6 Å². The number of rotatable bonds is 30. The zero-order valence-corrected chi connectivity index (χ0v) is 38.8. The zero-order valence-electron chi connectivity index (χ0n) is 37.9. The summed E-state index contributed by atoms with van der Waals surface area (Å²) in [4.78, 5) is 38.7. The Hall–Kier alpha value is -5.07. The Morgan fingerprint density at radius 1 is 0.892 bits per heavy atom. The second-order valence-corrected chi connectivity index (χ2v) is 18.1. The minimum atomic E-state index is -4.59. The molecule has 0 radical (unpaired) electrons. The second-order valence-electron chi connectivity index (χ2n) is 16.4. The van der Waals surface area contributed by atoms with Gasteiger partial charge in [-0.3, -0.25) is 13.9 Å². The normalized spacial score (nSPS) is 18.4. The number of hydrogen-bond acceptors (Lipinski definition) is 13. The molecule has 1 aliphatic rings. The van der Waals surface area contributed by atoms with Gasteiger partial charge in [0.25, 0.3) is 0 Å². The van der Waals surface area contributed by atoms with Crippen molar-refractivity contribution in [2.24, 2.45) is 0 Å². The predicted molar refractivity (Wildman–Crippen MR) is 246 cm³/mol. The fourth-order valence-electron chi connectivity index (χ4n) is 7.64. The fourth-order valence-corrected chi connectivity index (χ4v) is 9.15. The minimum Gasteiger partial charge on any atom is -0.465 e. The number of terminal acetylenes is 1. The van der Waals surface area contributed by atoms with Crippen LogP contribution in [0.4, 0.5) is 15.0 Å². The van der Waals surface area contributed by atoms with Crippen LogP contribution in [0.1, 0.15) is 135 Å². The Kier molecular flexibility index (Phi) is 21.0. The van der Waals surface area contributed by atoms with Crippen LogP contribution in [0.15, 0.2) is 67.0 Å². The maximum atomic E-state index is 15.1. The summed E-state index contributed by atoms with van der Waals surface area (Å²) < 4.78 is 66.5. The van der Waals surface area contributed by atoms with Crippen molar-refractivity contribution in [3.8, 4) is 18.1 Å². The molecule has 0 amide bonds. The summed E-state index contributed by atoms with van der Waals surface area (Å²) in [5.74, 6) is 1.88. The molecule has 3 N–H and O–H groups in total. The van der Waals surface area contributed by atoms with Gasteiger partial charge in [0.2, 0.25) is 0 Å². The number of nitrogen functional groups attached to an aromatic ring is 1. The Bertz CT molecular complexity index is 2140. The lowest BCUT2D eigenvalue weighted by atomic mass is 9.99. The lowest BCUT2D eigenvalue weighted by Gasteiger charge is -2.31. The van der Waals surface area contributed by atoms with Crippen molar-refractivity contribution in [1.82, 2.24) is 24.6 Å². The average Bonchev–Trinajstić information content (AvgIpc) is 3.89. The highest BCUT2D eigenvalue weighted by atomic mass is 31.2. The summed E-state index contributed by atoms with van der Waals surface area (Å²) in [6.07, 6.45) is 20.5. The fraction of sp³-hybridized carbons (Fsp3) is 0.562. The van der Waals surface area contributed by atoms with Gasteiger partial charge in [0.15, 0.2) is 28.7 Å². The van der Waals surface area contributed by atoms with Gasteiger partial charge >= 0.3 is 25.9 Å². The number of benzene rings is 2. The van der Waals surface area contributed by atoms with Crippen LogP contribution in [0.2, 0.25) is 0 Å². The van der Waals surface area contributed by atoms with Crippen LogP contribution in [0.25, 0.3) is 11.2 Å². The molecule has 17 heteroatoms. The van der Waals surface area contributed by atoms with Gasteiger partial charge in [0.05, 0.1) is 19.5 Å². The van der Waals surface area contributed by atoms with E-state index in [2.05, 4.69) is 39.8 Å². The van der Waals surface area contributed by atoms with Crippen molar-refractivity contribution >= 4 is 36.9 Å². The Balaban J connectivity index is 1.32. The number of aromatic nitrogens is 4. The number of nitrogens with zero attached hydrogens (tertiary/aromatic N) is 4. The first kappa shape index (κ1) is 50.9. The van der Waals surface area contributed by atoms with E-state index in [0.29, 0.717) is 12.8 Å². The second kappa shape index (κ2) is 26.8. The van der Waals surface area contributed by atoms with Crippen molar-refractivity contribution in [3.63, 3.8) is 0 Å². The van der Waals surface area contributed by atoms with Gasteiger partial charge in [-0.15, -0.1) is 6.42 Å². The lowest BCUT2D eigenvalue weighted by Crippen LogP contribution is -2.46. The molecule has 0 saturated carbocycles. The van der Waals surface area contributed by atoms with Crippen LogP contribution < -0.4 is 15.3 Å². The molecule has 2 aromatic heterocycles. The molecule has 5 atom stereocenters. The van der Waals surface area contributed by atoms with Gasteiger partial charge < -0.3 is 29.2 Å². The summed E-state index contributed by atoms with van der Waals surface area (Å²) in [5, 5.41) is 2.86. The topological polar surface area (TPSA) is 188 Å². The number of imidazole rings is 1. The Labute approximate surface area is 382 Å². The maximum Gasteiger partial charge on any atom is 0.508 e. The van der Waals surface area contributed by atoms with E-state index in [1.807, 2.05) is 30.3 Å². The number of anilines is 1. The largest absolute Gasteiger partial charge is 0.508 e. The number of esters is 1. The van der Waals surface area contributed by atoms with E-state index in [1.54, 1.807) is 30.3 Å². The number of unbranched alkanes of at least 4 members (excludes halogenated alkanes) is 14. The maximum absolute atomic E-state index is 15.1. The number of nitrogens with one attached hydrogen (secondary N) is 1. The van der Waals surface area contributed by atoms with E-state index in [0.717, 1.165) is 44.1 Å². The summed E-state index contributed by atoms with van der Waals surface area (Å²) in [7, 11) is -4.59. The van der Waals surface area contributed by atoms with Gasteiger partial charge in [-0.2, -0.15) is 19.4 Å². The third-order valence-corrected chi connectivity index (χ3v) is 12.8. The quantitative estimate of drug-likeness (QED) is 0.0165. The standard InChI is InChI=1S/C48H66FN6O9P/c1-4-7-9-11-12-13-14-15-16-17-18-26-31-59-45(56)39(33-37-27-21-19-22-28-37)54-65(58,64-38-29-23-20-24-30-38)61-35-48(6-3)40(62-47(57)60-32-25-10-8-5-2)34-41(63-48)55-36-51-42-43(50)52-46(49)53-44(42)55/h3,19-24,27-30,36,39-41H,4-5,7-18,25-26,31-35H2,1-2H3,(H,54,58)(H2,50,52,53)/t39-,40-,41+,48+,65-/m0/s1. The summed E-state index contributed by atoms with van der Waals surface area (Å²) in [5.41, 5.74) is 4.85. The number of para-hydroxylation sites is 1. The highest BCUT2D eigenvalue weighted by molar-refractivity contribution is 7.52. The van der Waals surface area contributed by atoms with Crippen molar-refractivity contribution in [3.05, 3.63) is 78.6 Å². The van der Waals surface area contributed by atoms with E-state index < -0.39 is 56.5 Å². The van der Waals surface area contributed by atoms with E-state index in [4.69, 9.17) is 40.2 Å². The third-order valence-electron chi connectivity index (χ3n) is 11.3. The number of nitrogens with two attached hydrogens (primary N) is 1.